The summed E-state index contributed by atoms with van der Waals surface area (Å²) in [6, 6.07) is 6.27. The van der Waals surface area contributed by atoms with E-state index < -0.39 is 10.0 Å². The third-order valence-corrected chi connectivity index (χ3v) is 4.35. The molecule has 0 spiro atoms. The van der Waals surface area contributed by atoms with Crippen molar-refractivity contribution in [2.45, 2.75) is 23.8 Å². The first-order chi connectivity index (χ1) is 9.86. The van der Waals surface area contributed by atoms with E-state index in [1.54, 1.807) is 12.1 Å². The van der Waals surface area contributed by atoms with Gasteiger partial charge in [0.2, 0.25) is 15.9 Å². The summed E-state index contributed by atoms with van der Waals surface area (Å²) in [5.74, 6) is -0.176. The van der Waals surface area contributed by atoms with E-state index in [1.165, 1.54) is 12.1 Å². The Morgan fingerprint density at radius 2 is 1.90 bits per heavy atom. The molecule has 2 unspecified atom stereocenters. The van der Waals surface area contributed by atoms with Crippen molar-refractivity contribution in [3.05, 3.63) is 42.0 Å². The molecular formula is C14H19N3O3S. The Morgan fingerprint density at radius 1 is 1.24 bits per heavy atom. The van der Waals surface area contributed by atoms with Crippen LogP contribution in [0, 0.1) is 5.92 Å². The van der Waals surface area contributed by atoms with E-state index in [2.05, 4.69) is 5.32 Å². The average Bonchev–Trinajstić information content (AvgIpc) is 2.85. The van der Waals surface area contributed by atoms with Crippen LogP contribution in [0.15, 0.2) is 41.3 Å². The standard InChI is InChI=1S/C14H19N3O3S/c15-12-4-3-11(9-12)14(18)17-8-7-10-1-5-13(6-2-10)21(16,19)20/h1-6,11-12H,7-9,15H2,(H,17,18)(H2,16,19,20). The van der Waals surface area contributed by atoms with Gasteiger partial charge in [0, 0.05) is 12.6 Å². The van der Waals surface area contributed by atoms with Gasteiger partial charge >= 0.3 is 0 Å². The van der Waals surface area contributed by atoms with Crippen LogP contribution in [0.25, 0.3) is 0 Å². The molecule has 1 aliphatic rings. The van der Waals surface area contributed by atoms with Crippen molar-refractivity contribution in [1.82, 2.24) is 5.32 Å². The minimum atomic E-state index is -3.66. The third-order valence-electron chi connectivity index (χ3n) is 3.42. The number of hydrogen-bond acceptors (Lipinski definition) is 4. The molecule has 7 heteroatoms. The smallest absolute Gasteiger partial charge is 0.238 e. The Morgan fingerprint density at radius 3 is 2.43 bits per heavy atom. The van der Waals surface area contributed by atoms with Gasteiger partial charge in [0.1, 0.15) is 0 Å². The van der Waals surface area contributed by atoms with E-state index in [0.29, 0.717) is 19.4 Å². The number of sulfonamides is 1. The Hall–Kier alpha value is -1.70. The molecule has 0 heterocycles. The highest BCUT2D eigenvalue weighted by Crippen LogP contribution is 2.16. The molecule has 0 saturated carbocycles. The first-order valence-corrected chi connectivity index (χ1v) is 8.24. The Kier molecular flexibility index (Phi) is 4.76. The average molecular weight is 309 g/mol. The van der Waals surface area contributed by atoms with Gasteiger partial charge < -0.3 is 11.1 Å². The molecular weight excluding hydrogens is 290 g/mol. The molecule has 0 fully saturated rings. The van der Waals surface area contributed by atoms with Crippen LogP contribution in [-0.2, 0) is 21.2 Å². The van der Waals surface area contributed by atoms with Crippen LogP contribution in [0.3, 0.4) is 0 Å². The van der Waals surface area contributed by atoms with Crippen LogP contribution in [0.2, 0.25) is 0 Å². The summed E-state index contributed by atoms with van der Waals surface area (Å²) in [6.45, 7) is 0.493. The van der Waals surface area contributed by atoms with Crippen LogP contribution in [0.5, 0.6) is 0 Å². The summed E-state index contributed by atoms with van der Waals surface area (Å²) in [4.78, 5) is 11.9. The van der Waals surface area contributed by atoms with Crippen LogP contribution < -0.4 is 16.2 Å². The van der Waals surface area contributed by atoms with E-state index in [9.17, 15) is 13.2 Å². The fourth-order valence-electron chi connectivity index (χ4n) is 2.23. The van der Waals surface area contributed by atoms with Crippen molar-refractivity contribution in [3.63, 3.8) is 0 Å². The third kappa shape index (κ3) is 4.38. The van der Waals surface area contributed by atoms with E-state index in [1.807, 2.05) is 12.2 Å². The van der Waals surface area contributed by atoms with E-state index >= 15 is 0 Å². The van der Waals surface area contributed by atoms with E-state index in [4.69, 9.17) is 10.9 Å². The van der Waals surface area contributed by atoms with Crippen molar-refractivity contribution < 1.29 is 13.2 Å². The van der Waals surface area contributed by atoms with Crippen LogP contribution in [-0.4, -0.2) is 26.9 Å². The lowest BCUT2D eigenvalue weighted by molar-refractivity contribution is -0.123. The Balaban J connectivity index is 1.81. The first-order valence-electron chi connectivity index (χ1n) is 6.69. The number of hydrogen-bond donors (Lipinski definition) is 3. The Labute approximate surface area is 124 Å². The number of rotatable bonds is 5. The lowest BCUT2D eigenvalue weighted by Crippen LogP contribution is -2.32. The van der Waals surface area contributed by atoms with Crippen molar-refractivity contribution in [2.24, 2.45) is 16.8 Å². The maximum Gasteiger partial charge on any atom is 0.238 e. The fraction of sp³-hybridized carbons (Fsp3) is 0.357. The summed E-state index contributed by atoms with van der Waals surface area (Å²) >= 11 is 0. The minimum Gasteiger partial charge on any atom is -0.355 e. The number of amides is 1. The molecule has 1 aromatic carbocycles. The predicted molar refractivity (Wildman–Crippen MR) is 79.8 cm³/mol. The highest BCUT2D eigenvalue weighted by molar-refractivity contribution is 7.89. The van der Waals surface area contributed by atoms with Gasteiger partial charge in [-0.15, -0.1) is 0 Å². The number of carbonyl (C=O) groups excluding carboxylic acids is 1. The van der Waals surface area contributed by atoms with Crippen LogP contribution in [0.1, 0.15) is 12.0 Å². The van der Waals surface area contributed by atoms with E-state index in [0.717, 1.165) is 5.56 Å². The van der Waals surface area contributed by atoms with Crippen molar-refractivity contribution in [3.8, 4) is 0 Å². The summed E-state index contributed by atoms with van der Waals surface area (Å²) in [5, 5.41) is 7.88. The molecule has 114 valence electrons. The lowest BCUT2D eigenvalue weighted by Gasteiger charge is -2.10. The molecule has 2 rings (SSSR count). The van der Waals surface area contributed by atoms with Gasteiger partial charge in [-0.2, -0.15) is 0 Å². The van der Waals surface area contributed by atoms with Crippen molar-refractivity contribution in [2.75, 3.05) is 6.54 Å². The monoisotopic (exact) mass is 309 g/mol. The van der Waals surface area contributed by atoms with Gasteiger partial charge in [0.25, 0.3) is 0 Å². The molecule has 1 aliphatic carbocycles. The van der Waals surface area contributed by atoms with Gasteiger partial charge in [-0.05, 0) is 30.5 Å². The highest BCUT2D eigenvalue weighted by Gasteiger charge is 2.22. The lowest BCUT2D eigenvalue weighted by atomic mass is 10.1. The molecule has 0 aliphatic heterocycles. The van der Waals surface area contributed by atoms with Gasteiger partial charge in [0.05, 0.1) is 10.8 Å². The predicted octanol–water partition coefficient (Wildman–Crippen LogP) is -0.104. The van der Waals surface area contributed by atoms with Gasteiger partial charge in [-0.25, -0.2) is 13.6 Å². The molecule has 5 N–H and O–H groups in total. The fourth-order valence-corrected chi connectivity index (χ4v) is 2.74. The molecule has 0 bridgehead atoms. The molecule has 0 radical (unpaired) electrons. The number of benzene rings is 1. The molecule has 0 aromatic heterocycles. The zero-order chi connectivity index (χ0) is 15.5. The normalized spacial score (nSPS) is 21.4. The number of nitrogens with two attached hydrogens (primary N) is 2. The van der Waals surface area contributed by atoms with E-state index in [-0.39, 0.29) is 22.8 Å². The van der Waals surface area contributed by atoms with Gasteiger partial charge in [-0.1, -0.05) is 24.3 Å². The summed E-state index contributed by atoms with van der Waals surface area (Å²) in [5.41, 5.74) is 6.64. The van der Waals surface area contributed by atoms with Crippen LogP contribution >= 0.6 is 0 Å². The van der Waals surface area contributed by atoms with Gasteiger partial charge in [0.15, 0.2) is 0 Å². The van der Waals surface area contributed by atoms with Crippen molar-refractivity contribution >= 4 is 15.9 Å². The number of carbonyl (C=O) groups is 1. The molecule has 1 amide bonds. The molecule has 0 saturated heterocycles. The maximum absolute atomic E-state index is 11.9. The van der Waals surface area contributed by atoms with Crippen molar-refractivity contribution in [1.29, 1.82) is 0 Å². The maximum atomic E-state index is 11.9. The largest absolute Gasteiger partial charge is 0.355 e. The summed E-state index contributed by atoms with van der Waals surface area (Å²) in [6.07, 6.45) is 4.95. The summed E-state index contributed by atoms with van der Waals surface area (Å²) in [7, 11) is -3.66. The summed E-state index contributed by atoms with van der Waals surface area (Å²) < 4.78 is 22.3. The zero-order valence-corrected chi connectivity index (χ0v) is 12.3. The second-order valence-electron chi connectivity index (χ2n) is 5.12. The quantitative estimate of drug-likeness (QED) is 0.658. The van der Waals surface area contributed by atoms with Gasteiger partial charge in [-0.3, -0.25) is 4.79 Å². The molecule has 21 heavy (non-hydrogen) atoms. The first kappa shape index (κ1) is 15.7. The molecule has 6 nitrogen and oxygen atoms in total. The second-order valence-corrected chi connectivity index (χ2v) is 6.68. The topological polar surface area (TPSA) is 115 Å². The number of primary sulfonamides is 1. The second kappa shape index (κ2) is 6.38. The SMILES string of the molecule is NC1C=CC(C(=O)NCCc2ccc(S(N)(=O)=O)cc2)C1. The minimum absolute atomic E-state index is 0.0274. The highest BCUT2D eigenvalue weighted by atomic mass is 32.2. The zero-order valence-electron chi connectivity index (χ0n) is 11.5. The molecule has 2 atom stereocenters. The Bertz CT molecular complexity index is 638. The number of nitrogens with one attached hydrogen (secondary N) is 1. The molecule has 1 aromatic rings. The van der Waals surface area contributed by atoms with Crippen LogP contribution in [0.4, 0.5) is 0 Å².